The van der Waals surface area contributed by atoms with Crippen molar-refractivity contribution in [1.29, 1.82) is 0 Å². The molecule has 1 heterocycles. The van der Waals surface area contributed by atoms with Crippen molar-refractivity contribution in [3.8, 4) is 0 Å². The highest BCUT2D eigenvalue weighted by atomic mass is 16.5. The molecule has 1 aromatic carbocycles. The summed E-state index contributed by atoms with van der Waals surface area (Å²) in [5, 5.41) is 0. The lowest BCUT2D eigenvalue weighted by Crippen LogP contribution is -2.55. The van der Waals surface area contributed by atoms with E-state index in [1.807, 2.05) is 0 Å². The Morgan fingerprint density at radius 1 is 1.11 bits per heavy atom. The highest BCUT2D eigenvalue weighted by Gasteiger charge is 2.35. The molecule has 0 aromatic heterocycles. The molecule has 1 atom stereocenters. The van der Waals surface area contributed by atoms with Gasteiger partial charge in [-0.15, -0.1) is 0 Å². The summed E-state index contributed by atoms with van der Waals surface area (Å²) >= 11 is 0. The Morgan fingerprint density at radius 3 is 2.16 bits per heavy atom. The third kappa shape index (κ3) is 3.16. The van der Waals surface area contributed by atoms with E-state index in [-0.39, 0.29) is 11.6 Å². The number of hydrogen-bond acceptors (Lipinski definition) is 3. The monoisotopic (exact) mass is 262 g/mol. The van der Waals surface area contributed by atoms with Crippen molar-refractivity contribution in [2.24, 2.45) is 5.73 Å². The molecule has 0 saturated carbocycles. The number of morpholine rings is 1. The van der Waals surface area contributed by atoms with Crippen LogP contribution in [0.5, 0.6) is 0 Å². The standard InChI is InChI=1S/C16H26N2O/c1-12-9-13(2)11-14(10-12)15(17)16(3,4)18-5-7-19-8-6-18/h9-11,15H,5-8,17H2,1-4H3. The zero-order chi connectivity index (χ0) is 14.0. The van der Waals surface area contributed by atoms with Gasteiger partial charge in [0.1, 0.15) is 0 Å². The van der Waals surface area contributed by atoms with E-state index in [1.165, 1.54) is 16.7 Å². The highest BCUT2D eigenvalue weighted by molar-refractivity contribution is 5.32. The fourth-order valence-electron chi connectivity index (χ4n) is 2.93. The number of nitrogens with zero attached hydrogens (tertiary/aromatic N) is 1. The minimum Gasteiger partial charge on any atom is -0.379 e. The molecule has 2 rings (SSSR count). The fourth-order valence-corrected chi connectivity index (χ4v) is 2.93. The van der Waals surface area contributed by atoms with Crippen LogP contribution in [0.4, 0.5) is 0 Å². The van der Waals surface area contributed by atoms with E-state index >= 15 is 0 Å². The molecule has 1 fully saturated rings. The van der Waals surface area contributed by atoms with Crippen molar-refractivity contribution in [2.75, 3.05) is 26.3 Å². The van der Waals surface area contributed by atoms with Gasteiger partial charge in [0.05, 0.1) is 13.2 Å². The van der Waals surface area contributed by atoms with Crippen LogP contribution in [0.25, 0.3) is 0 Å². The Balaban J connectivity index is 2.22. The number of benzene rings is 1. The summed E-state index contributed by atoms with van der Waals surface area (Å²) in [5.41, 5.74) is 10.3. The molecule has 1 aromatic rings. The Bertz CT molecular complexity index is 416. The van der Waals surface area contributed by atoms with Crippen LogP contribution in [-0.4, -0.2) is 36.7 Å². The Labute approximate surface area is 116 Å². The number of rotatable bonds is 3. The first-order valence-corrected chi connectivity index (χ1v) is 7.08. The molecular formula is C16H26N2O. The maximum atomic E-state index is 6.56. The Morgan fingerprint density at radius 2 is 1.63 bits per heavy atom. The molecule has 2 N–H and O–H groups in total. The van der Waals surface area contributed by atoms with Gasteiger partial charge in [-0.3, -0.25) is 4.90 Å². The first-order valence-electron chi connectivity index (χ1n) is 7.08. The van der Waals surface area contributed by atoms with Crippen molar-refractivity contribution in [1.82, 2.24) is 4.90 Å². The van der Waals surface area contributed by atoms with Gasteiger partial charge in [0, 0.05) is 24.7 Å². The minimum atomic E-state index is -0.0516. The summed E-state index contributed by atoms with van der Waals surface area (Å²) in [6, 6.07) is 6.63. The van der Waals surface area contributed by atoms with Crippen molar-refractivity contribution >= 4 is 0 Å². The molecule has 1 aliphatic rings. The zero-order valence-electron chi connectivity index (χ0n) is 12.6. The van der Waals surface area contributed by atoms with Crippen LogP contribution in [0.2, 0.25) is 0 Å². The predicted octanol–water partition coefficient (Wildman–Crippen LogP) is 2.41. The average Bonchev–Trinajstić information content (AvgIpc) is 2.37. The molecular weight excluding hydrogens is 236 g/mol. The number of hydrogen-bond donors (Lipinski definition) is 1. The van der Waals surface area contributed by atoms with E-state index in [9.17, 15) is 0 Å². The van der Waals surface area contributed by atoms with E-state index in [0.29, 0.717) is 0 Å². The second-order valence-corrected chi connectivity index (χ2v) is 6.15. The van der Waals surface area contributed by atoms with Crippen LogP contribution >= 0.6 is 0 Å². The van der Waals surface area contributed by atoms with E-state index < -0.39 is 0 Å². The van der Waals surface area contributed by atoms with Crippen molar-refractivity contribution < 1.29 is 4.74 Å². The molecule has 106 valence electrons. The summed E-state index contributed by atoms with van der Waals surface area (Å²) in [6.07, 6.45) is 0. The SMILES string of the molecule is Cc1cc(C)cc(C(N)C(C)(C)N2CCOCC2)c1. The molecule has 0 aliphatic carbocycles. The summed E-state index contributed by atoms with van der Waals surface area (Å²) < 4.78 is 5.44. The topological polar surface area (TPSA) is 38.5 Å². The van der Waals surface area contributed by atoms with E-state index in [1.54, 1.807) is 0 Å². The molecule has 3 nitrogen and oxygen atoms in total. The molecule has 0 radical (unpaired) electrons. The molecule has 1 saturated heterocycles. The van der Waals surface area contributed by atoms with E-state index in [4.69, 9.17) is 10.5 Å². The predicted molar refractivity (Wildman–Crippen MR) is 79.3 cm³/mol. The lowest BCUT2D eigenvalue weighted by atomic mass is 9.86. The molecule has 1 aliphatic heterocycles. The Kier molecular flexibility index (Phi) is 4.29. The average molecular weight is 262 g/mol. The molecule has 0 spiro atoms. The highest BCUT2D eigenvalue weighted by Crippen LogP contribution is 2.30. The summed E-state index contributed by atoms with van der Waals surface area (Å²) in [4.78, 5) is 2.44. The zero-order valence-corrected chi connectivity index (χ0v) is 12.6. The van der Waals surface area contributed by atoms with Crippen LogP contribution in [0.3, 0.4) is 0 Å². The van der Waals surface area contributed by atoms with Gasteiger partial charge in [-0.25, -0.2) is 0 Å². The molecule has 0 amide bonds. The van der Waals surface area contributed by atoms with Crippen LogP contribution in [-0.2, 0) is 4.74 Å². The maximum absolute atomic E-state index is 6.56. The molecule has 19 heavy (non-hydrogen) atoms. The van der Waals surface area contributed by atoms with Crippen LogP contribution in [0.15, 0.2) is 18.2 Å². The minimum absolute atomic E-state index is 0.0178. The fraction of sp³-hybridized carbons (Fsp3) is 0.625. The number of nitrogens with two attached hydrogens (primary N) is 1. The van der Waals surface area contributed by atoms with Gasteiger partial charge in [-0.05, 0) is 33.3 Å². The van der Waals surface area contributed by atoms with Gasteiger partial charge < -0.3 is 10.5 Å². The summed E-state index contributed by atoms with van der Waals surface area (Å²) in [5.74, 6) is 0. The van der Waals surface area contributed by atoms with E-state index in [0.717, 1.165) is 26.3 Å². The third-order valence-electron chi connectivity index (χ3n) is 4.19. The van der Waals surface area contributed by atoms with Crippen molar-refractivity contribution in [3.63, 3.8) is 0 Å². The van der Waals surface area contributed by atoms with Gasteiger partial charge in [0.2, 0.25) is 0 Å². The summed E-state index contributed by atoms with van der Waals surface area (Å²) in [7, 11) is 0. The van der Waals surface area contributed by atoms with Gasteiger partial charge in [-0.1, -0.05) is 29.3 Å². The van der Waals surface area contributed by atoms with Gasteiger partial charge >= 0.3 is 0 Å². The first kappa shape index (κ1) is 14.5. The molecule has 3 heteroatoms. The largest absolute Gasteiger partial charge is 0.379 e. The lowest BCUT2D eigenvalue weighted by molar-refractivity contribution is -0.0190. The van der Waals surface area contributed by atoms with E-state index in [2.05, 4.69) is 50.8 Å². The maximum Gasteiger partial charge on any atom is 0.0594 e. The van der Waals surface area contributed by atoms with Gasteiger partial charge in [0.25, 0.3) is 0 Å². The summed E-state index contributed by atoms with van der Waals surface area (Å²) in [6.45, 7) is 12.3. The van der Waals surface area contributed by atoms with Gasteiger partial charge in [0.15, 0.2) is 0 Å². The lowest BCUT2D eigenvalue weighted by Gasteiger charge is -2.44. The second-order valence-electron chi connectivity index (χ2n) is 6.15. The quantitative estimate of drug-likeness (QED) is 0.909. The molecule has 0 bridgehead atoms. The second kappa shape index (κ2) is 5.61. The smallest absolute Gasteiger partial charge is 0.0594 e. The Hall–Kier alpha value is -0.900. The first-order chi connectivity index (χ1) is 8.91. The normalized spacial score (nSPS) is 19.4. The number of aryl methyl sites for hydroxylation is 2. The van der Waals surface area contributed by atoms with Crippen molar-refractivity contribution in [2.45, 2.75) is 39.3 Å². The van der Waals surface area contributed by atoms with Crippen LogP contribution < -0.4 is 5.73 Å². The van der Waals surface area contributed by atoms with Crippen molar-refractivity contribution in [3.05, 3.63) is 34.9 Å². The number of ether oxygens (including phenoxy) is 1. The molecule has 1 unspecified atom stereocenters. The van der Waals surface area contributed by atoms with Crippen LogP contribution in [0, 0.1) is 13.8 Å². The van der Waals surface area contributed by atoms with Crippen LogP contribution in [0.1, 0.15) is 36.6 Å². The van der Waals surface area contributed by atoms with Gasteiger partial charge in [-0.2, -0.15) is 0 Å². The third-order valence-corrected chi connectivity index (χ3v) is 4.19.